The molecular weight excluding hydrogens is 2180 g/mol. The molecule has 5 aliphatic heterocycles. The Morgan fingerprint density at radius 2 is 0.573 bits per heavy atom. The van der Waals surface area contributed by atoms with Crippen molar-refractivity contribution in [2.45, 2.75) is 138 Å². The molecule has 5 aromatic heterocycles. The molecule has 5 saturated heterocycles. The topological polar surface area (TPSA) is 550 Å². The van der Waals surface area contributed by atoms with E-state index in [1.807, 2.05) is 45.2 Å². The van der Waals surface area contributed by atoms with Gasteiger partial charge in [0, 0.05) is 94.4 Å². The summed E-state index contributed by atoms with van der Waals surface area (Å²) in [5.74, 6) is -4.43. The third-order valence-corrected chi connectivity index (χ3v) is 25.5. The Labute approximate surface area is 876 Å². The van der Waals surface area contributed by atoms with Crippen molar-refractivity contribution >= 4 is 92.9 Å². The smallest absolute Gasteiger partial charge is 0.338 e. The number of nitrogens with zero attached hydrogens (tertiary/aromatic N) is 7. The predicted octanol–water partition coefficient (Wildman–Crippen LogP) is 7.65. The van der Waals surface area contributed by atoms with Crippen LogP contribution in [0.5, 0.6) is 0 Å². The number of H-pyrrole nitrogens is 3. The van der Waals surface area contributed by atoms with E-state index in [1.165, 1.54) is 74.0 Å². The molecule has 43 nitrogen and oxygen atoms in total. The second-order valence-corrected chi connectivity index (χ2v) is 36.5. The molecular formula is C105H98I2N10O33. The zero-order chi connectivity index (χ0) is 107. The molecule has 5 N–H and O–H groups in total. The minimum Gasteiger partial charge on any atom is -0.459 e. The van der Waals surface area contributed by atoms with E-state index < -0.39 is 196 Å². The Morgan fingerprint density at radius 1 is 0.313 bits per heavy atom. The van der Waals surface area contributed by atoms with Gasteiger partial charge in [-0.05, 0) is 156 Å². The number of aliphatic hydroxyl groups is 2. The monoisotopic (exact) mass is 2280 g/mol. The maximum atomic E-state index is 12.7. The lowest BCUT2D eigenvalue weighted by molar-refractivity contribution is -0.0586. The first-order valence-corrected chi connectivity index (χ1v) is 48.7. The van der Waals surface area contributed by atoms with Crippen LogP contribution >= 0.6 is 45.2 Å². The van der Waals surface area contributed by atoms with Crippen LogP contribution in [0.4, 0.5) is 0 Å². The lowest BCUT2D eigenvalue weighted by Crippen LogP contribution is -2.40. The summed E-state index contributed by atoms with van der Waals surface area (Å²) in [6.07, 6.45) is -4.17. The molecule has 15 atom stereocenters. The fraction of sp³-hybridized carbons (Fsp3) is 0.276. The molecule has 45 heteroatoms. The highest BCUT2D eigenvalue weighted by Gasteiger charge is 2.46. The van der Waals surface area contributed by atoms with Crippen LogP contribution in [0.1, 0.15) is 157 Å². The number of carbonyl (C=O) groups excluding carboxylic acids is 8. The molecule has 0 aliphatic carbocycles. The third kappa shape index (κ3) is 28.3. The van der Waals surface area contributed by atoms with Crippen LogP contribution in [-0.4, -0.2) is 199 Å². The number of esters is 8. The van der Waals surface area contributed by atoms with Gasteiger partial charge in [-0.1, -0.05) is 146 Å². The van der Waals surface area contributed by atoms with E-state index in [-0.39, 0.29) is 65.1 Å². The van der Waals surface area contributed by atoms with E-state index in [0.29, 0.717) is 62.8 Å². The van der Waals surface area contributed by atoms with Crippen LogP contribution in [0, 0.1) is 21.0 Å². The molecule has 780 valence electrons. The summed E-state index contributed by atoms with van der Waals surface area (Å²) in [7, 11) is 2.76. The van der Waals surface area contributed by atoms with Crippen LogP contribution in [-0.2, 0) is 75.7 Å². The number of carbonyl (C=O) groups is 8. The molecule has 5 fully saturated rings. The number of ether oxygens (including phenoxy) is 13. The molecule has 0 amide bonds. The van der Waals surface area contributed by atoms with E-state index in [9.17, 15) is 91.4 Å². The number of aromatic nitrogens is 10. The number of nitrogens with one attached hydrogen (secondary N) is 3. The van der Waals surface area contributed by atoms with Crippen molar-refractivity contribution in [1.82, 2.24) is 46.9 Å². The quantitative estimate of drug-likeness (QED) is 0.0197. The Morgan fingerprint density at radius 3 is 0.893 bits per heavy atom. The molecule has 150 heavy (non-hydrogen) atoms. The minimum absolute atomic E-state index is 0.133. The van der Waals surface area contributed by atoms with E-state index in [0.717, 1.165) is 9.13 Å². The van der Waals surface area contributed by atoms with Crippen LogP contribution in [0.2, 0.25) is 0 Å². The molecule has 0 saturated carbocycles. The van der Waals surface area contributed by atoms with Crippen LogP contribution in [0.25, 0.3) is 0 Å². The first-order chi connectivity index (χ1) is 72.1. The first kappa shape index (κ1) is 110. The third-order valence-electron chi connectivity index (χ3n) is 24.0. The Balaban J connectivity index is 0.000000150. The zero-order valence-corrected chi connectivity index (χ0v) is 84.5. The van der Waals surface area contributed by atoms with Crippen molar-refractivity contribution in [3.8, 4) is 0 Å². The molecule has 18 rings (SSSR count). The summed E-state index contributed by atoms with van der Waals surface area (Å²) in [6, 6.07) is 68.9. The number of halogens is 2. The van der Waals surface area contributed by atoms with Gasteiger partial charge in [0.15, 0.2) is 0 Å². The summed E-state index contributed by atoms with van der Waals surface area (Å²) in [4.78, 5) is 226. The van der Waals surface area contributed by atoms with Crippen molar-refractivity contribution in [3.05, 3.63) is 447 Å². The highest BCUT2D eigenvalue weighted by molar-refractivity contribution is 14.1. The average Bonchev–Trinajstić information content (AvgIpc) is 1.61. The molecule has 0 radical (unpaired) electrons. The Bertz CT molecular complexity index is 7420. The predicted molar refractivity (Wildman–Crippen MR) is 546 cm³/mol. The molecule has 0 spiro atoms. The molecule has 8 aromatic carbocycles. The summed E-state index contributed by atoms with van der Waals surface area (Å²) in [5.41, 5.74) is -1.64. The average molecular weight is 2280 g/mol. The van der Waals surface area contributed by atoms with Crippen molar-refractivity contribution < 1.29 is 110 Å². The number of rotatable bonds is 26. The van der Waals surface area contributed by atoms with Gasteiger partial charge in [-0.25, -0.2) is 62.3 Å². The van der Waals surface area contributed by atoms with Crippen molar-refractivity contribution in [1.29, 1.82) is 0 Å². The fourth-order valence-electron chi connectivity index (χ4n) is 16.0. The maximum absolute atomic E-state index is 12.7. The van der Waals surface area contributed by atoms with Gasteiger partial charge in [0.1, 0.15) is 113 Å². The SMILES string of the molecule is Cc1cn([C@@H]2C[C@H](O)[C@H](CO)O2)c(=O)[nH]c1=O.Cc1cn([C@@H]2C[C@H](OC(=O)c3ccccc3)[C@H](COC(=O)c3ccccc3)O2)c(=O)n(C)c1=O.Cn1c(=O)c(I)cn([C@@H]2C[C@H](OC(=O)c3ccccc3)[C@H](COC(=O)c3ccccc3)O2)c1=O.O=C(OC[C@@H]1O[C@H](n2cc(I)c(=O)[nH]c2=O)C[C@@H]1OC(=O)c1ccccc1)c1ccccc1.O=C(OC[C@@H]1O[C@H](n2ccc(=O)[nH]c2=O)C[C@@H]1OC(=O)c1ccccc1)c1ccccc1. The van der Waals surface area contributed by atoms with Gasteiger partial charge in [-0.2, -0.15) is 0 Å². The van der Waals surface area contributed by atoms with E-state index in [1.54, 1.807) is 257 Å². The van der Waals surface area contributed by atoms with Gasteiger partial charge in [0.25, 0.3) is 27.8 Å². The van der Waals surface area contributed by atoms with Gasteiger partial charge >= 0.3 is 76.2 Å². The number of hydrogen-bond acceptors (Lipinski definition) is 33. The number of benzene rings is 8. The maximum Gasteiger partial charge on any atom is 0.338 e. The first-order valence-electron chi connectivity index (χ1n) is 46.6. The number of aryl methyl sites for hydroxylation is 2. The summed E-state index contributed by atoms with van der Waals surface area (Å²) < 4.78 is 82.2. The number of hydrogen-bond donors (Lipinski definition) is 5. The normalized spacial score (nSPS) is 20.7. The Kier molecular flexibility index (Phi) is 37.8. The molecule has 0 bridgehead atoms. The molecule has 13 aromatic rings. The summed E-state index contributed by atoms with van der Waals surface area (Å²) in [5, 5.41) is 18.5. The second kappa shape index (κ2) is 51.6. The molecule has 5 aliphatic rings. The van der Waals surface area contributed by atoms with E-state index >= 15 is 0 Å². The van der Waals surface area contributed by atoms with Gasteiger partial charge in [0.05, 0.1) is 64.4 Å². The highest BCUT2D eigenvalue weighted by Crippen LogP contribution is 2.37. The Hall–Kier alpha value is -15.9. The molecule has 0 unspecified atom stereocenters. The minimum atomic E-state index is -0.822. The second-order valence-electron chi connectivity index (χ2n) is 34.2. The fourth-order valence-corrected chi connectivity index (χ4v) is 17.1. The van der Waals surface area contributed by atoms with Crippen molar-refractivity contribution in [3.63, 3.8) is 0 Å². The van der Waals surface area contributed by atoms with Gasteiger partial charge in [-0.15, -0.1) is 0 Å². The molecule has 10 heterocycles. The summed E-state index contributed by atoms with van der Waals surface area (Å²) in [6.45, 7) is 2.12. The van der Waals surface area contributed by atoms with Gasteiger partial charge < -0.3 is 71.8 Å². The zero-order valence-electron chi connectivity index (χ0n) is 80.2. The van der Waals surface area contributed by atoms with Crippen LogP contribution < -0.4 is 56.2 Å². The van der Waals surface area contributed by atoms with Crippen molar-refractivity contribution in [2.24, 2.45) is 14.1 Å². The largest absolute Gasteiger partial charge is 0.459 e. The van der Waals surface area contributed by atoms with Crippen LogP contribution in [0.3, 0.4) is 0 Å². The number of aliphatic hydroxyl groups excluding tert-OH is 2. The lowest BCUT2D eigenvalue weighted by Gasteiger charge is -2.19. The standard InChI is InChI=1S/C25H24N2O7.C24H21IN2O7.C23H19IN2O7.C23H20N2O7.C10H14N2O5/c1-16-14-27(25(31)26(2)22(16)28)21-13-19(34-24(30)18-11-7-4-8-12-18)20(33-21)15-32-23(29)17-9-5-3-6-10-17;1-26-21(28)17(25)13-27(24(26)31)20-12-18(34-23(30)16-10-6-3-7-11-16)19(33-20)14-32-22(29)15-8-4-2-5-9-15;24-16-12-26(23(30)25-20(16)27)19-11-17(33-22(29)15-9-5-2-6-10-15)18(32-19)13-31-21(28)14-7-3-1-4-8-14;26-19-11-12-25(23(29)24-19)20-13-17(32-22(28)16-9-5-2-6-10-16)18(31-20)14-30-21(27)15-7-3-1-4-8-15;1-5-3-12(10(16)11-9(5)15)8-2-6(14)7(4-13)17-8/h3-12,14,19-21H,13,15H2,1-2H3;2-11,13,18-20H,12,14H2,1H3;1-10,12,17-19H,11,13H2,(H,25,27,30);1-12,17-18,20H,13-14H2,(H,24,26,29);3,6-8,13-14H,2,4H2,1H3,(H,11,15,16)/t19-,20-,21-;18-,19-,20-;17-,18-,19-;17-,18-,20-;6-,7-,8-/m00000/s1. The van der Waals surface area contributed by atoms with E-state index in [2.05, 4.69) is 15.0 Å². The van der Waals surface area contributed by atoms with Gasteiger partial charge in [0.2, 0.25) is 0 Å². The van der Waals surface area contributed by atoms with Crippen molar-refractivity contribution in [2.75, 3.05) is 33.0 Å². The number of aromatic amines is 3. The summed E-state index contributed by atoms with van der Waals surface area (Å²) >= 11 is 3.65. The lowest BCUT2D eigenvalue weighted by atomic mass is 10.1. The highest BCUT2D eigenvalue weighted by atomic mass is 127. The van der Waals surface area contributed by atoms with E-state index in [4.69, 9.17) is 66.7 Å². The van der Waals surface area contributed by atoms with Crippen LogP contribution in [0.15, 0.2) is 328 Å². The van der Waals surface area contributed by atoms with Gasteiger partial charge in [-0.3, -0.25) is 70.9 Å².